The summed E-state index contributed by atoms with van der Waals surface area (Å²) < 4.78 is 17.8. The van der Waals surface area contributed by atoms with Crippen molar-refractivity contribution in [2.45, 2.75) is 105 Å². The average Bonchev–Trinajstić information content (AvgIpc) is 2.95. The molecule has 0 aromatic rings. The Morgan fingerprint density at radius 3 is 2.34 bits per heavy atom. The molecule has 2 saturated heterocycles. The first-order valence-corrected chi connectivity index (χ1v) is 14.0. The highest BCUT2D eigenvalue weighted by molar-refractivity contribution is 5.81. The fourth-order valence-corrected chi connectivity index (χ4v) is 5.75. The first kappa shape index (κ1) is 34.4. The number of carbonyl (C=O) groups is 1. The summed E-state index contributed by atoms with van der Waals surface area (Å²) in [4.78, 5) is 12.5. The first-order valence-electron chi connectivity index (χ1n) is 14.0. The molecule has 1 saturated carbocycles. The lowest BCUT2D eigenvalue weighted by atomic mass is 9.72. The molecule has 0 spiro atoms. The standard InChI is InChI=1S/C24H48N6O11/c25-4-14(34)23(38)30-13-3-12(27)16(21-11(26)2-1-10(39-21)6-29-5-9(33)7-31)19(36)22(13)41-24-20(37)17(28)18(35)15(8-32)40-24/h9-22,24,29,31-37H,1-8,25-28H2,(H,30,38)/t9?,10-,11+,12-,13+,14-,15+,16?,17-,18?,19-,20+,21-,22-,24+/m0/s1. The van der Waals surface area contributed by atoms with Gasteiger partial charge < -0.3 is 83.5 Å². The Labute approximate surface area is 238 Å². The Bertz CT molecular complexity index is 818. The molecule has 3 aliphatic rings. The highest BCUT2D eigenvalue weighted by Crippen LogP contribution is 2.36. The summed E-state index contributed by atoms with van der Waals surface area (Å²) in [6, 6.07) is -3.49. The lowest BCUT2D eigenvalue weighted by Crippen LogP contribution is -2.69. The van der Waals surface area contributed by atoms with Gasteiger partial charge in [-0.25, -0.2) is 0 Å². The van der Waals surface area contributed by atoms with Crippen molar-refractivity contribution >= 4 is 5.91 Å². The third kappa shape index (κ3) is 8.28. The van der Waals surface area contributed by atoms with Crippen molar-refractivity contribution in [3.05, 3.63) is 0 Å². The Morgan fingerprint density at radius 1 is 1.00 bits per heavy atom. The van der Waals surface area contributed by atoms with Crippen molar-refractivity contribution < 1.29 is 54.8 Å². The molecule has 1 amide bonds. The molecule has 17 nitrogen and oxygen atoms in total. The minimum atomic E-state index is -1.56. The second-order valence-electron chi connectivity index (χ2n) is 11.2. The van der Waals surface area contributed by atoms with Crippen molar-refractivity contribution in [1.82, 2.24) is 10.6 Å². The van der Waals surface area contributed by atoms with E-state index in [2.05, 4.69) is 10.6 Å². The van der Waals surface area contributed by atoms with Gasteiger partial charge in [-0.3, -0.25) is 4.79 Å². The van der Waals surface area contributed by atoms with Gasteiger partial charge in [0.15, 0.2) is 6.29 Å². The molecule has 0 bridgehead atoms. The van der Waals surface area contributed by atoms with E-state index < -0.39 is 104 Å². The van der Waals surface area contributed by atoms with Crippen LogP contribution in [0, 0.1) is 5.92 Å². The van der Waals surface area contributed by atoms with E-state index in [4.69, 9.17) is 42.3 Å². The van der Waals surface area contributed by atoms with E-state index in [0.29, 0.717) is 19.4 Å². The van der Waals surface area contributed by atoms with Crippen LogP contribution in [0.3, 0.4) is 0 Å². The van der Waals surface area contributed by atoms with E-state index in [9.17, 15) is 35.4 Å². The second-order valence-corrected chi connectivity index (χ2v) is 11.2. The molecule has 3 unspecified atom stereocenters. The van der Waals surface area contributed by atoms with Gasteiger partial charge >= 0.3 is 0 Å². The van der Waals surface area contributed by atoms with Crippen molar-refractivity contribution in [2.24, 2.45) is 28.9 Å². The van der Waals surface area contributed by atoms with E-state index in [1.807, 2.05) is 0 Å². The Morgan fingerprint density at radius 2 is 1.71 bits per heavy atom. The van der Waals surface area contributed by atoms with Crippen LogP contribution in [0.2, 0.25) is 0 Å². The highest BCUT2D eigenvalue weighted by Gasteiger charge is 2.53. The summed E-state index contributed by atoms with van der Waals surface area (Å²) in [7, 11) is 0. The van der Waals surface area contributed by atoms with Crippen molar-refractivity contribution in [2.75, 3.05) is 32.8 Å². The monoisotopic (exact) mass is 596 g/mol. The quantitative estimate of drug-likeness (QED) is 0.0994. The van der Waals surface area contributed by atoms with E-state index in [1.54, 1.807) is 0 Å². The number of nitrogens with one attached hydrogen (secondary N) is 2. The van der Waals surface area contributed by atoms with Crippen LogP contribution in [-0.4, -0.2) is 160 Å². The molecule has 0 aromatic heterocycles. The summed E-state index contributed by atoms with van der Waals surface area (Å²) in [6.07, 6.45) is -10.7. The number of hydrogen-bond donors (Lipinski definition) is 13. The molecule has 1 aliphatic carbocycles. The van der Waals surface area contributed by atoms with Crippen molar-refractivity contribution in [3.63, 3.8) is 0 Å². The van der Waals surface area contributed by atoms with Crippen LogP contribution < -0.4 is 33.6 Å². The van der Waals surface area contributed by atoms with Gasteiger partial charge in [-0.1, -0.05) is 0 Å². The van der Waals surface area contributed by atoms with Gasteiger partial charge in [0.05, 0.1) is 49.7 Å². The molecule has 2 heterocycles. The summed E-state index contributed by atoms with van der Waals surface area (Å²) >= 11 is 0. The molecular formula is C24H48N6O11. The normalized spacial score (nSPS) is 43.3. The first-order chi connectivity index (χ1) is 19.4. The molecule has 0 radical (unpaired) electrons. The molecule has 15 atom stereocenters. The van der Waals surface area contributed by atoms with Crippen LogP contribution in [0.4, 0.5) is 0 Å². The number of aliphatic hydroxyl groups is 7. The van der Waals surface area contributed by atoms with Gasteiger partial charge in [0, 0.05) is 37.6 Å². The summed E-state index contributed by atoms with van der Waals surface area (Å²) in [5, 5.41) is 76.3. The highest BCUT2D eigenvalue weighted by atomic mass is 16.7. The summed E-state index contributed by atoms with van der Waals surface area (Å²) in [6.45, 7) is -0.871. The van der Waals surface area contributed by atoms with E-state index >= 15 is 0 Å². The third-order valence-corrected chi connectivity index (χ3v) is 8.17. The molecule has 3 fully saturated rings. The molecular weight excluding hydrogens is 548 g/mol. The number of ether oxygens (including phenoxy) is 3. The fraction of sp³-hybridized carbons (Fsp3) is 0.958. The van der Waals surface area contributed by atoms with Gasteiger partial charge in [0.2, 0.25) is 5.91 Å². The lowest BCUT2D eigenvalue weighted by molar-refractivity contribution is -0.306. The Hall–Kier alpha value is -1.13. The van der Waals surface area contributed by atoms with E-state index in [0.717, 1.165) is 0 Å². The number of aliphatic hydroxyl groups excluding tert-OH is 7. The lowest BCUT2D eigenvalue weighted by Gasteiger charge is -2.51. The third-order valence-electron chi connectivity index (χ3n) is 8.17. The minimum Gasteiger partial charge on any atom is -0.394 e. The molecule has 2 aliphatic heterocycles. The zero-order valence-corrected chi connectivity index (χ0v) is 22.9. The van der Waals surface area contributed by atoms with Crippen LogP contribution in [0.1, 0.15) is 19.3 Å². The zero-order valence-electron chi connectivity index (χ0n) is 22.9. The molecule has 41 heavy (non-hydrogen) atoms. The summed E-state index contributed by atoms with van der Waals surface area (Å²) in [5.41, 5.74) is 24.2. The van der Waals surface area contributed by atoms with E-state index in [1.165, 1.54) is 0 Å². The summed E-state index contributed by atoms with van der Waals surface area (Å²) in [5.74, 6) is -1.63. The van der Waals surface area contributed by atoms with Crippen LogP contribution in [0.5, 0.6) is 0 Å². The Balaban J connectivity index is 1.82. The van der Waals surface area contributed by atoms with Crippen LogP contribution in [0.25, 0.3) is 0 Å². The number of hydrogen-bond acceptors (Lipinski definition) is 16. The molecule has 0 aromatic carbocycles. The maximum atomic E-state index is 12.5. The fourth-order valence-electron chi connectivity index (χ4n) is 5.75. The number of carbonyl (C=O) groups excluding carboxylic acids is 1. The van der Waals surface area contributed by atoms with E-state index in [-0.39, 0.29) is 25.6 Å². The van der Waals surface area contributed by atoms with Crippen molar-refractivity contribution in [1.29, 1.82) is 0 Å². The Kier molecular flexibility index (Phi) is 13.0. The largest absolute Gasteiger partial charge is 0.394 e. The second kappa shape index (κ2) is 15.6. The van der Waals surface area contributed by atoms with Crippen molar-refractivity contribution in [3.8, 4) is 0 Å². The molecule has 240 valence electrons. The van der Waals surface area contributed by atoms with Crippen LogP contribution >= 0.6 is 0 Å². The maximum absolute atomic E-state index is 12.5. The van der Waals surface area contributed by atoms with Gasteiger partial charge in [0.25, 0.3) is 0 Å². The smallest absolute Gasteiger partial charge is 0.250 e. The molecule has 17 heteroatoms. The molecule has 17 N–H and O–H groups in total. The SMILES string of the molecule is NC[C@H](O)C(=O)N[C@@H]1C[C@H](N)C([C@H]2O[C@H](CNCC(O)CO)CC[C@H]2N)[C@H](O)[C@H]1O[C@H]1O[C@H](CO)C(O)[C@H](N)[C@H]1O. The predicted octanol–water partition coefficient (Wildman–Crippen LogP) is -7.53. The average molecular weight is 597 g/mol. The number of amides is 1. The van der Waals surface area contributed by atoms with Gasteiger partial charge in [-0.15, -0.1) is 0 Å². The minimum absolute atomic E-state index is 0.0501. The van der Waals surface area contributed by atoms with Gasteiger partial charge in [0.1, 0.15) is 30.5 Å². The topological polar surface area (TPSA) is 315 Å². The van der Waals surface area contributed by atoms with Gasteiger partial charge in [-0.2, -0.15) is 0 Å². The van der Waals surface area contributed by atoms with Gasteiger partial charge in [-0.05, 0) is 19.3 Å². The zero-order chi connectivity index (χ0) is 30.4. The maximum Gasteiger partial charge on any atom is 0.250 e. The number of nitrogens with two attached hydrogens (primary N) is 4. The van der Waals surface area contributed by atoms with Crippen LogP contribution in [0.15, 0.2) is 0 Å². The van der Waals surface area contributed by atoms with Crippen LogP contribution in [-0.2, 0) is 19.0 Å². The number of rotatable bonds is 12. The molecule has 3 rings (SSSR count). The predicted molar refractivity (Wildman–Crippen MR) is 142 cm³/mol.